The summed E-state index contributed by atoms with van der Waals surface area (Å²) < 4.78 is 32.5. The molecule has 2 aliphatic rings. The SMILES string of the molecule is CC1NCCCC1NS(=O)(=O)CC1CCCCO1.Cl. The van der Waals surface area contributed by atoms with Crippen LogP contribution in [0.1, 0.15) is 39.0 Å². The molecule has 2 N–H and O–H groups in total. The molecule has 2 rings (SSSR count). The molecule has 0 aliphatic carbocycles. The molecule has 0 spiro atoms. The zero-order valence-corrected chi connectivity index (χ0v) is 13.1. The second-order valence-electron chi connectivity index (χ2n) is 5.38. The van der Waals surface area contributed by atoms with Crippen LogP contribution in [0.25, 0.3) is 0 Å². The van der Waals surface area contributed by atoms with Gasteiger partial charge in [-0.25, -0.2) is 13.1 Å². The molecule has 3 atom stereocenters. The van der Waals surface area contributed by atoms with Crippen molar-refractivity contribution >= 4 is 22.4 Å². The molecule has 0 aromatic heterocycles. The van der Waals surface area contributed by atoms with Crippen molar-refractivity contribution in [1.29, 1.82) is 0 Å². The first-order chi connectivity index (χ1) is 8.57. The van der Waals surface area contributed by atoms with E-state index in [0.29, 0.717) is 6.61 Å². The summed E-state index contributed by atoms with van der Waals surface area (Å²) in [4.78, 5) is 0. The van der Waals surface area contributed by atoms with E-state index >= 15 is 0 Å². The van der Waals surface area contributed by atoms with Crippen LogP contribution in [-0.2, 0) is 14.8 Å². The predicted molar refractivity (Wildman–Crippen MR) is 78.2 cm³/mol. The van der Waals surface area contributed by atoms with E-state index < -0.39 is 10.0 Å². The summed E-state index contributed by atoms with van der Waals surface area (Å²) in [5.74, 6) is 0.107. The minimum Gasteiger partial charge on any atom is -0.377 e. The molecule has 7 heteroatoms. The summed E-state index contributed by atoms with van der Waals surface area (Å²) in [6, 6.07) is 0.230. The second kappa shape index (κ2) is 7.78. The van der Waals surface area contributed by atoms with Gasteiger partial charge in [0.25, 0.3) is 0 Å². The number of halogens is 1. The third-order valence-electron chi connectivity index (χ3n) is 3.77. The maximum absolute atomic E-state index is 12.1. The van der Waals surface area contributed by atoms with Crippen molar-refractivity contribution in [3.63, 3.8) is 0 Å². The molecule has 3 unspecified atom stereocenters. The maximum atomic E-state index is 12.1. The van der Waals surface area contributed by atoms with Gasteiger partial charge >= 0.3 is 0 Å². The van der Waals surface area contributed by atoms with Crippen molar-refractivity contribution in [2.24, 2.45) is 0 Å². The smallest absolute Gasteiger partial charge is 0.214 e. The third-order valence-corrected chi connectivity index (χ3v) is 5.24. The van der Waals surface area contributed by atoms with Crippen LogP contribution in [-0.4, -0.2) is 45.5 Å². The van der Waals surface area contributed by atoms with Crippen LogP contribution in [0, 0.1) is 0 Å². The fraction of sp³-hybridized carbons (Fsp3) is 1.00. The average molecular weight is 313 g/mol. The summed E-state index contributed by atoms with van der Waals surface area (Å²) in [7, 11) is -3.23. The zero-order valence-electron chi connectivity index (χ0n) is 11.4. The highest BCUT2D eigenvalue weighted by atomic mass is 35.5. The van der Waals surface area contributed by atoms with Gasteiger partial charge in [0, 0.05) is 18.7 Å². The lowest BCUT2D eigenvalue weighted by Gasteiger charge is -2.31. The molecule has 2 fully saturated rings. The standard InChI is InChI=1S/C12H24N2O3S.ClH/c1-10-12(6-4-7-13-10)14-18(15,16)9-11-5-2-3-8-17-11;/h10-14H,2-9H2,1H3;1H. The van der Waals surface area contributed by atoms with Gasteiger partial charge in [0.15, 0.2) is 0 Å². The molecule has 114 valence electrons. The normalized spacial score (nSPS) is 32.6. The van der Waals surface area contributed by atoms with Gasteiger partial charge in [-0.05, 0) is 45.6 Å². The second-order valence-corrected chi connectivity index (χ2v) is 7.18. The van der Waals surface area contributed by atoms with Crippen molar-refractivity contribution < 1.29 is 13.2 Å². The molecule has 2 aliphatic heterocycles. The maximum Gasteiger partial charge on any atom is 0.214 e. The van der Waals surface area contributed by atoms with E-state index in [9.17, 15) is 8.42 Å². The molecule has 0 radical (unpaired) electrons. The Morgan fingerprint density at radius 1 is 1.26 bits per heavy atom. The minimum absolute atomic E-state index is 0. The number of hydrogen-bond acceptors (Lipinski definition) is 4. The molecule has 0 aromatic carbocycles. The van der Waals surface area contributed by atoms with Crippen LogP contribution in [0.5, 0.6) is 0 Å². The van der Waals surface area contributed by atoms with E-state index in [-0.39, 0.29) is 36.3 Å². The first-order valence-electron chi connectivity index (χ1n) is 6.92. The summed E-state index contributed by atoms with van der Waals surface area (Å²) in [6.07, 6.45) is 4.80. The minimum atomic E-state index is -3.23. The Balaban J connectivity index is 0.00000180. The van der Waals surface area contributed by atoms with Crippen LogP contribution in [0.15, 0.2) is 0 Å². The number of sulfonamides is 1. The van der Waals surface area contributed by atoms with Crippen LogP contribution in [0.3, 0.4) is 0 Å². The summed E-state index contributed by atoms with van der Waals surface area (Å²) in [6.45, 7) is 3.70. The van der Waals surface area contributed by atoms with Crippen molar-refractivity contribution in [3.05, 3.63) is 0 Å². The highest BCUT2D eigenvalue weighted by molar-refractivity contribution is 7.89. The van der Waals surface area contributed by atoms with Gasteiger partial charge in [0.05, 0.1) is 11.9 Å². The van der Waals surface area contributed by atoms with E-state index in [1.807, 2.05) is 6.92 Å². The van der Waals surface area contributed by atoms with Gasteiger partial charge < -0.3 is 10.1 Å². The van der Waals surface area contributed by atoms with Crippen LogP contribution in [0.4, 0.5) is 0 Å². The van der Waals surface area contributed by atoms with Gasteiger partial charge in [-0.3, -0.25) is 0 Å². The topological polar surface area (TPSA) is 67.4 Å². The number of hydrogen-bond donors (Lipinski definition) is 2. The van der Waals surface area contributed by atoms with E-state index in [1.54, 1.807) is 0 Å². The Labute approximate surface area is 122 Å². The van der Waals surface area contributed by atoms with E-state index in [4.69, 9.17) is 4.74 Å². The monoisotopic (exact) mass is 312 g/mol. The third kappa shape index (κ3) is 5.55. The quantitative estimate of drug-likeness (QED) is 0.814. The number of nitrogens with one attached hydrogen (secondary N) is 2. The van der Waals surface area contributed by atoms with Crippen molar-refractivity contribution in [3.8, 4) is 0 Å². The molecule has 19 heavy (non-hydrogen) atoms. The van der Waals surface area contributed by atoms with Gasteiger partial charge in [-0.1, -0.05) is 0 Å². The molecular formula is C12H25ClN2O3S. The number of piperidine rings is 1. The van der Waals surface area contributed by atoms with E-state index in [0.717, 1.165) is 38.6 Å². The van der Waals surface area contributed by atoms with Crippen molar-refractivity contribution in [2.75, 3.05) is 18.9 Å². The molecule has 0 aromatic rings. The van der Waals surface area contributed by atoms with Crippen molar-refractivity contribution in [2.45, 2.75) is 57.2 Å². The average Bonchev–Trinajstić information content (AvgIpc) is 2.32. The predicted octanol–water partition coefficient (Wildman–Crippen LogP) is 1.04. The molecular weight excluding hydrogens is 288 g/mol. The lowest BCUT2D eigenvalue weighted by atomic mass is 10.0. The molecule has 2 heterocycles. The van der Waals surface area contributed by atoms with Gasteiger partial charge in [0.2, 0.25) is 10.0 Å². The number of rotatable bonds is 4. The summed E-state index contributed by atoms with van der Waals surface area (Å²) in [5.41, 5.74) is 0. The Morgan fingerprint density at radius 2 is 2.05 bits per heavy atom. The molecule has 0 saturated carbocycles. The van der Waals surface area contributed by atoms with Gasteiger partial charge in [0.1, 0.15) is 0 Å². The molecule has 5 nitrogen and oxygen atoms in total. The Hall–Kier alpha value is 0.120. The van der Waals surface area contributed by atoms with Gasteiger partial charge in [-0.15, -0.1) is 12.4 Å². The zero-order chi connectivity index (χ0) is 13.0. The highest BCUT2D eigenvalue weighted by Gasteiger charge is 2.28. The van der Waals surface area contributed by atoms with Crippen LogP contribution in [0.2, 0.25) is 0 Å². The van der Waals surface area contributed by atoms with Crippen LogP contribution < -0.4 is 10.0 Å². The lowest BCUT2D eigenvalue weighted by Crippen LogP contribution is -2.53. The molecule has 0 amide bonds. The fourth-order valence-electron chi connectivity index (χ4n) is 2.67. The van der Waals surface area contributed by atoms with Crippen molar-refractivity contribution in [1.82, 2.24) is 10.0 Å². The van der Waals surface area contributed by atoms with E-state index in [1.165, 1.54) is 0 Å². The highest BCUT2D eigenvalue weighted by Crippen LogP contribution is 2.15. The first kappa shape index (κ1) is 17.2. The Morgan fingerprint density at radius 3 is 2.68 bits per heavy atom. The Kier molecular flexibility index (Phi) is 7.04. The first-order valence-corrected chi connectivity index (χ1v) is 8.57. The molecule has 2 saturated heterocycles. The fourth-order valence-corrected chi connectivity index (χ4v) is 4.30. The summed E-state index contributed by atoms with van der Waals surface area (Å²) >= 11 is 0. The summed E-state index contributed by atoms with van der Waals surface area (Å²) in [5, 5.41) is 3.30. The Bertz CT molecular complexity index is 358. The van der Waals surface area contributed by atoms with Gasteiger partial charge in [-0.2, -0.15) is 0 Å². The van der Waals surface area contributed by atoms with Crippen LogP contribution >= 0.6 is 12.4 Å². The largest absolute Gasteiger partial charge is 0.377 e. The lowest BCUT2D eigenvalue weighted by molar-refractivity contribution is 0.0303. The molecule has 0 bridgehead atoms. The van der Waals surface area contributed by atoms with E-state index in [2.05, 4.69) is 10.0 Å². The number of ether oxygens (including phenoxy) is 1.